The van der Waals surface area contributed by atoms with E-state index in [9.17, 15) is 13.2 Å². The molecule has 0 N–H and O–H groups in total. The second-order valence-corrected chi connectivity index (χ2v) is 6.02. The number of halogens is 3. The molecule has 126 valence electrons. The van der Waals surface area contributed by atoms with Crippen LogP contribution in [0.3, 0.4) is 0 Å². The molecule has 0 aliphatic carbocycles. The summed E-state index contributed by atoms with van der Waals surface area (Å²) in [6.45, 7) is 0.934. The summed E-state index contributed by atoms with van der Waals surface area (Å²) in [6, 6.07) is 0. The van der Waals surface area contributed by atoms with Gasteiger partial charge in [-0.25, -0.2) is 4.98 Å². The molecule has 1 aliphatic heterocycles. The number of alkyl halides is 3. The zero-order chi connectivity index (χ0) is 16.2. The van der Waals surface area contributed by atoms with Gasteiger partial charge in [0.25, 0.3) is 5.19 Å². The average molecular weight is 340 g/mol. The molecule has 0 bridgehead atoms. The number of methoxy groups -OCH3 is 2. The number of thiazole rings is 1. The van der Waals surface area contributed by atoms with Gasteiger partial charge in [-0.05, 0) is 6.42 Å². The minimum Gasteiger partial charge on any atom is -0.460 e. The Morgan fingerprint density at radius 2 is 2.05 bits per heavy atom. The first kappa shape index (κ1) is 17.5. The zero-order valence-electron chi connectivity index (χ0n) is 12.5. The van der Waals surface area contributed by atoms with Crippen molar-refractivity contribution in [2.75, 3.05) is 33.9 Å². The molecule has 1 aromatic rings. The maximum atomic E-state index is 12.1. The molecule has 0 saturated carbocycles. The first-order valence-corrected chi connectivity index (χ1v) is 7.69. The fourth-order valence-electron chi connectivity index (χ4n) is 2.25. The Bertz CT molecular complexity index is 478. The van der Waals surface area contributed by atoms with E-state index in [0.717, 1.165) is 36.5 Å². The first-order chi connectivity index (χ1) is 10.4. The van der Waals surface area contributed by atoms with Crippen molar-refractivity contribution in [3.8, 4) is 5.19 Å². The summed E-state index contributed by atoms with van der Waals surface area (Å²) in [5, 5.41) is 0.0934. The van der Waals surface area contributed by atoms with Gasteiger partial charge in [-0.2, -0.15) is 13.2 Å². The Morgan fingerprint density at radius 1 is 1.32 bits per heavy atom. The molecule has 5 nitrogen and oxygen atoms in total. The van der Waals surface area contributed by atoms with Crippen LogP contribution in [0.4, 0.5) is 13.2 Å². The van der Waals surface area contributed by atoms with E-state index in [4.69, 9.17) is 14.2 Å². The number of hydrogen-bond donors (Lipinski definition) is 0. The number of aromatic nitrogens is 1. The van der Waals surface area contributed by atoms with E-state index < -0.39 is 12.8 Å². The molecule has 0 saturated heterocycles. The largest absolute Gasteiger partial charge is 0.460 e. The summed E-state index contributed by atoms with van der Waals surface area (Å²) in [5.74, 6) is 0. The van der Waals surface area contributed by atoms with Crippen molar-refractivity contribution in [2.45, 2.75) is 31.9 Å². The molecular weight excluding hydrogens is 321 g/mol. The van der Waals surface area contributed by atoms with Gasteiger partial charge >= 0.3 is 6.18 Å². The van der Waals surface area contributed by atoms with Crippen molar-refractivity contribution in [1.82, 2.24) is 9.88 Å². The van der Waals surface area contributed by atoms with Crippen molar-refractivity contribution in [1.29, 1.82) is 0 Å². The van der Waals surface area contributed by atoms with Crippen LogP contribution in [0.1, 0.15) is 17.0 Å². The molecule has 0 fully saturated rings. The van der Waals surface area contributed by atoms with Crippen LogP contribution in [0.25, 0.3) is 0 Å². The third-order valence-electron chi connectivity index (χ3n) is 3.35. The van der Waals surface area contributed by atoms with E-state index in [1.54, 1.807) is 14.2 Å². The molecule has 2 rings (SSSR count). The molecule has 0 unspecified atom stereocenters. The molecule has 1 aliphatic rings. The summed E-state index contributed by atoms with van der Waals surface area (Å²) in [4.78, 5) is 7.35. The topological polar surface area (TPSA) is 43.8 Å². The van der Waals surface area contributed by atoms with Crippen LogP contribution in [0.5, 0.6) is 5.19 Å². The monoisotopic (exact) mass is 340 g/mol. The second kappa shape index (κ2) is 7.58. The molecule has 0 radical (unpaired) electrons. The fraction of sp³-hybridized carbons (Fsp3) is 0.769. The van der Waals surface area contributed by atoms with Crippen molar-refractivity contribution in [3.05, 3.63) is 10.6 Å². The highest BCUT2D eigenvalue weighted by atomic mass is 32.1. The molecule has 0 amide bonds. The lowest BCUT2D eigenvalue weighted by molar-refractivity contribution is -0.153. The Hall–Kier alpha value is -0.900. The molecule has 9 heteroatoms. The van der Waals surface area contributed by atoms with E-state index in [0.29, 0.717) is 6.54 Å². The highest BCUT2D eigenvalue weighted by Crippen LogP contribution is 2.30. The summed E-state index contributed by atoms with van der Waals surface area (Å²) in [7, 11) is 3.18. The van der Waals surface area contributed by atoms with Gasteiger partial charge in [0, 0.05) is 45.2 Å². The molecule has 0 spiro atoms. The molecule has 0 aromatic carbocycles. The third kappa shape index (κ3) is 5.08. The van der Waals surface area contributed by atoms with Gasteiger partial charge in [-0.1, -0.05) is 11.3 Å². The number of fused-ring (bicyclic) bond motifs is 1. The predicted molar refractivity (Wildman–Crippen MR) is 75.1 cm³/mol. The quantitative estimate of drug-likeness (QED) is 0.714. The summed E-state index contributed by atoms with van der Waals surface area (Å²) >= 11 is 1.20. The van der Waals surface area contributed by atoms with E-state index in [2.05, 4.69) is 9.88 Å². The van der Waals surface area contributed by atoms with Gasteiger partial charge in [-0.3, -0.25) is 4.90 Å². The van der Waals surface area contributed by atoms with Gasteiger partial charge in [0.2, 0.25) is 0 Å². The second-order valence-electron chi connectivity index (χ2n) is 4.97. The van der Waals surface area contributed by atoms with Crippen LogP contribution in [-0.2, 0) is 22.4 Å². The summed E-state index contributed by atoms with van der Waals surface area (Å²) in [6.07, 6.45) is -3.09. The Morgan fingerprint density at radius 3 is 2.68 bits per heavy atom. The van der Waals surface area contributed by atoms with Crippen LogP contribution in [0.2, 0.25) is 0 Å². The van der Waals surface area contributed by atoms with Crippen LogP contribution in [0, 0.1) is 0 Å². The van der Waals surface area contributed by atoms with Gasteiger partial charge < -0.3 is 14.2 Å². The van der Waals surface area contributed by atoms with E-state index in [-0.39, 0.29) is 11.5 Å². The predicted octanol–water partition coefficient (Wildman–Crippen LogP) is 2.45. The lowest BCUT2D eigenvalue weighted by atomic mass is 10.2. The minimum absolute atomic E-state index is 0.0934. The zero-order valence-corrected chi connectivity index (χ0v) is 13.3. The maximum absolute atomic E-state index is 12.1. The van der Waals surface area contributed by atoms with Gasteiger partial charge in [0.05, 0.1) is 5.69 Å². The number of hydrogen-bond acceptors (Lipinski definition) is 6. The molecule has 0 atom stereocenters. The lowest BCUT2D eigenvalue weighted by Gasteiger charge is -2.26. The van der Waals surface area contributed by atoms with Crippen LogP contribution in [0.15, 0.2) is 0 Å². The molecule has 2 heterocycles. The van der Waals surface area contributed by atoms with E-state index >= 15 is 0 Å². The van der Waals surface area contributed by atoms with Crippen molar-refractivity contribution < 1.29 is 27.4 Å². The molecular formula is C13H19F3N2O3S. The molecule has 1 aromatic heterocycles. The van der Waals surface area contributed by atoms with Crippen LogP contribution < -0.4 is 4.74 Å². The van der Waals surface area contributed by atoms with Gasteiger partial charge in [0.1, 0.15) is 0 Å². The number of nitrogens with zero attached hydrogens (tertiary/aromatic N) is 2. The minimum atomic E-state index is -4.34. The van der Waals surface area contributed by atoms with Gasteiger partial charge in [0.15, 0.2) is 12.9 Å². The highest BCUT2D eigenvalue weighted by Gasteiger charge is 2.30. The Labute approximate surface area is 131 Å². The first-order valence-electron chi connectivity index (χ1n) is 6.87. The van der Waals surface area contributed by atoms with Crippen molar-refractivity contribution in [2.24, 2.45) is 0 Å². The summed E-state index contributed by atoms with van der Waals surface area (Å²) < 4.78 is 51.4. The van der Waals surface area contributed by atoms with Crippen molar-refractivity contribution >= 4 is 11.3 Å². The maximum Gasteiger partial charge on any atom is 0.422 e. The van der Waals surface area contributed by atoms with E-state index in [1.807, 2.05) is 0 Å². The smallest absolute Gasteiger partial charge is 0.422 e. The SMILES string of the molecule is COC(CCN1CCc2sc(OCC(F)(F)F)nc2C1)OC. The van der Waals surface area contributed by atoms with Crippen LogP contribution in [-0.4, -0.2) is 56.3 Å². The molecule has 22 heavy (non-hydrogen) atoms. The lowest BCUT2D eigenvalue weighted by Crippen LogP contribution is -2.33. The summed E-state index contributed by atoms with van der Waals surface area (Å²) in [5.41, 5.74) is 0.805. The van der Waals surface area contributed by atoms with E-state index in [1.165, 1.54) is 11.3 Å². The van der Waals surface area contributed by atoms with Gasteiger partial charge in [-0.15, -0.1) is 0 Å². The fourth-order valence-corrected chi connectivity index (χ4v) is 3.15. The standard InChI is InChI=1S/C13H19F3N2O3S/c1-19-11(20-2)4-6-18-5-3-10-9(7-18)17-12(22-10)21-8-13(14,15)16/h11H,3-8H2,1-2H3. The normalized spacial score (nSPS) is 16.1. The average Bonchev–Trinajstić information content (AvgIpc) is 2.87. The van der Waals surface area contributed by atoms with Crippen LogP contribution >= 0.6 is 11.3 Å². The Kier molecular flexibility index (Phi) is 6.01. The Balaban J connectivity index is 1.86. The van der Waals surface area contributed by atoms with Crippen molar-refractivity contribution in [3.63, 3.8) is 0 Å². The highest BCUT2D eigenvalue weighted by molar-refractivity contribution is 7.13. The third-order valence-corrected chi connectivity index (χ3v) is 4.42. The number of ether oxygens (including phenoxy) is 3. The number of rotatable bonds is 7.